The van der Waals surface area contributed by atoms with Crippen molar-refractivity contribution in [2.24, 2.45) is 0 Å². The van der Waals surface area contributed by atoms with E-state index < -0.39 is 5.97 Å². The fourth-order valence-electron chi connectivity index (χ4n) is 2.60. The van der Waals surface area contributed by atoms with Crippen LogP contribution in [0.15, 0.2) is 54.6 Å². The third-order valence-corrected chi connectivity index (χ3v) is 3.52. The maximum atomic E-state index is 10.8. The number of benzene rings is 3. The first kappa shape index (κ1) is 13.2. The minimum absolute atomic E-state index is 0.663. The average molecular weight is 278 g/mol. The standard InChI is InChI=1S/C18H14O3/c1-21-16-10-8-13-7-6-12-4-2-3-5-14(12)18(13)15(16)9-11-17(19)20/h2-11H,1H3,(H,19,20)/b11-9+. The SMILES string of the molecule is COc1ccc2ccc3ccccc3c2c1/C=C/C(=O)O. The van der Waals surface area contributed by atoms with Gasteiger partial charge in [-0.1, -0.05) is 42.5 Å². The van der Waals surface area contributed by atoms with Crippen molar-refractivity contribution in [3.05, 3.63) is 60.2 Å². The maximum absolute atomic E-state index is 10.8. The molecule has 0 saturated heterocycles. The molecule has 0 fully saturated rings. The van der Waals surface area contributed by atoms with E-state index in [4.69, 9.17) is 9.84 Å². The smallest absolute Gasteiger partial charge is 0.328 e. The zero-order chi connectivity index (χ0) is 14.8. The Labute approximate surface area is 122 Å². The van der Waals surface area contributed by atoms with Crippen molar-refractivity contribution in [3.63, 3.8) is 0 Å². The highest BCUT2D eigenvalue weighted by atomic mass is 16.5. The largest absolute Gasteiger partial charge is 0.496 e. The summed E-state index contributed by atoms with van der Waals surface area (Å²) >= 11 is 0. The molecule has 3 heteroatoms. The van der Waals surface area contributed by atoms with Crippen LogP contribution in [0.3, 0.4) is 0 Å². The van der Waals surface area contributed by atoms with Gasteiger partial charge in [-0.3, -0.25) is 0 Å². The van der Waals surface area contributed by atoms with Gasteiger partial charge in [0.15, 0.2) is 0 Å². The summed E-state index contributed by atoms with van der Waals surface area (Å²) in [5.74, 6) is -0.314. The van der Waals surface area contributed by atoms with Crippen molar-refractivity contribution in [2.75, 3.05) is 7.11 Å². The first-order valence-electron chi connectivity index (χ1n) is 6.60. The van der Waals surface area contributed by atoms with E-state index in [1.807, 2.05) is 42.5 Å². The Morgan fingerprint density at radius 2 is 1.76 bits per heavy atom. The van der Waals surface area contributed by atoms with Crippen molar-refractivity contribution in [2.45, 2.75) is 0 Å². The van der Waals surface area contributed by atoms with Gasteiger partial charge in [0.05, 0.1) is 7.11 Å². The maximum Gasteiger partial charge on any atom is 0.328 e. The monoisotopic (exact) mass is 278 g/mol. The molecule has 0 amide bonds. The summed E-state index contributed by atoms with van der Waals surface area (Å²) in [4.78, 5) is 10.8. The second-order valence-electron chi connectivity index (χ2n) is 4.74. The molecule has 0 spiro atoms. The number of carbonyl (C=O) groups is 1. The molecule has 3 rings (SSSR count). The van der Waals surface area contributed by atoms with Crippen molar-refractivity contribution >= 4 is 33.6 Å². The minimum atomic E-state index is -0.978. The molecule has 0 atom stereocenters. The molecule has 3 nitrogen and oxygen atoms in total. The molecule has 1 N–H and O–H groups in total. The molecule has 0 aliphatic carbocycles. The normalized spacial score (nSPS) is 11.3. The van der Waals surface area contributed by atoms with E-state index in [0.29, 0.717) is 5.75 Å². The number of carboxylic acids is 1. The lowest BCUT2D eigenvalue weighted by atomic mass is 9.96. The van der Waals surface area contributed by atoms with Gasteiger partial charge >= 0.3 is 5.97 Å². The predicted octanol–water partition coefficient (Wildman–Crippen LogP) is 4.10. The summed E-state index contributed by atoms with van der Waals surface area (Å²) in [5, 5.41) is 13.2. The molecule has 0 heterocycles. The molecule has 0 aliphatic heterocycles. The molecule has 104 valence electrons. The van der Waals surface area contributed by atoms with Crippen LogP contribution < -0.4 is 4.74 Å². The number of ether oxygens (including phenoxy) is 1. The topological polar surface area (TPSA) is 46.5 Å². The third kappa shape index (κ3) is 2.34. The lowest BCUT2D eigenvalue weighted by molar-refractivity contribution is -0.131. The summed E-state index contributed by atoms with van der Waals surface area (Å²) in [6.07, 6.45) is 2.73. The lowest BCUT2D eigenvalue weighted by Gasteiger charge is -2.11. The van der Waals surface area contributed by atoms with Gasteiger partial charge in [-0.25, -0.2) is 4.79 Å². The highest BCUT2D eigenvalue weighted by Crippen LogP contribution is 2.34. The Morgan fingerprint density at radius 3 is 2.52 bits per heavy atom. The zero-order valence-corrected chi connectivity index (χ0v) is 11.5. The number of carboxylic acid groups (broad SMARTS) is 1. The van der Waals surface area contributed by atoms with Crippen LogP contribution in [-0.4, -0.2) is 18.2 Å². The Kier molecular flexibility index (Phi) is 3.32. The van der Waals surface area contributed by atoms with E-state index in [2.05, 4.69) is 6.07 Å². The van der Waals surface area contributed by atoms with E-state index in [-0.39, 0.29) is 0 Å². The predicted molar refractivity (Wildman–Crippen MR) is 84.7 cm³/mol. The van der Waals surface area contributed by atoms with Crippen molar-refractivity contribution in [1.82, 2.24) is 0 Å². The van der Waals surface area contributed by atoms with Gasteiger partial charge in [0.25, 0.3) is 0 Å². The molecule has 0 unspecified atom stereocenters. The fraction of sp³-hybridized carbons (Fsp3) is 0.0556. The van der Waals surface area contributed by atoms with Gasteiger partial charge in [0, 0.05) is 17.0 Å². The number of hydrogen-bond acceptors (Lipinski definition) is 2. The summed E-state index contributed by atoms with van der Waals surface area (Å²) in [6.45, 7) is 0. The fourth-order valence-corrected chi connectivity index (χ4v) is 2.60. The Bertz CT molecular complexity index is 863. The van der Waals surface area contributed by atoms with Crippen LogP contribution in [-0.2, 0) is 4.79 Å². The van der Waals surface area contributed by atoms with Gasteiger partial charge in [0.1, 0.15) is 5.75 Å². The van der Waals surface area contributed by atoms with Crippen LogP contribution in [0.25, 0.3) is 27.6 Å². The van der Waals surface area contributed by atoms with Crippen LogP contribution in [0.2, 0.25) is 0 Å². The van der Waals surface area contributed by atoms with Gasteiger partial charge in [-0.05, 0) is 28.3 Å². The molecule has 0 aliphatic rings. The quantitative estimate of drug-likeness (QED) is 0.579. The number of aliphatic carboxylic acids is 1. The average Bonchev–Trinajstić information content (AvgIpc) is 2.51. The molecule has 0 aromatic heterocycles. The first-order valence-corrected chi connectivity index (χ1v) is 6.60. The van der Waals surface area contributed by atoms with Gasteiger partial charge < -0.3 is 9.84 Å². The molecule has 0 bridgehead atoms. The van der Waals surface area contributed by atoms with Gasteiger partial charge in [0.2, 0.25) is 0 Å². The van der Waals surface area contributed by atoms with Crippen molar-refractivity contribution in [3.8, 4) is 5.75 Å². The van der Waals surface area contributed by atoms with Crippen molar-refractivity contribution < 1.29 is 14.6 Å². The summed E-state index contributed by atoms with van der Waals surface area (Å²) < 4.78 is 5.39. The molecule has 3 aromatic carbocycles. The van der Waals surface area contributed by atoms with Crippen LogP contribution >= 0.6 is 0 Å². The molecule has 21 heavy (non-hydrogen) atoms. The number of hydrogen-bond donors (Lipinski definition) is 1. The van der Waals surface area contributed by atoms with E-state index >= 15 is 0 Å². The molecular weight excluding hydrogens is 264 g/mol. The Balaban J connectivity index is 2.44. The molecule has 0 saturated carbocycles. The first-order chi connectivity index (χ1) is 10.2. The second-order valence-corrected chi connectivity index (χ2v) is 4.74. The van der Waals surface area contributed by atoms with Crippen LogP contribution in [0, 0.1) is 0 Å². The summed E-state index contributed by atoms with van der Waals surface area (Å²) in [6, 6.07) is 16.0. The Hall–Kier alpha value is -2.81. The number of rotatable bonds is 3. The third-order valence-electron chi connectivity index (χ3n) is 3.52. The van der Waals surface area contributed by atoms with Crippen LogP contribution in [0.1, 0.15) is 5.56 Å². The van der Waals surface area contributed by atoms with E-state index in [9.17, 15) is 4.79 Å². The highest BCUT2D eigenvalue weighted by molar-refractivity contribution is 6.12. The number of fused-ring (bicyclic) bond motifs is 3. The van der Waals surface area contributed by atoms with Gasteiger partial charge in [-0.15, -0.1) is 0 Å². The lowest BCUT2D eigenvalue weighted by Crippen LogP contribution is -1.91. The van der Waals surface area contributed by atoms with E-state index in [1.165, 1.54) is 0 Å². The van der Waals surface area contributed by atoms with E-state index in [1.54, 1.807) is 13.2 Å². The van der Waals surface area contributed by atoms with E-state index in [0.717, 1.165) is 33.2 Å². The second kappa shape index (κ2) is 5.29. The van der Waals surface area contributed by atoms with Crippen molar-refractivity contribution in [1.29, 1.82) is 0 Å². The molecular formula is C18H14O3. The molecule has 0 radical (unpaired) electrons. The minimum Gasteiger partial charge on any atom is -0.496 e. The van der Waals surface area contributed by atoms with Crippen LogP contribution in [0.4, 0.5) is 0 Å². The number of methoxy groups -OCH3 is 1. The van der Waals surface area contributed by atoms with Crippen LogP contribution in [0.5, 0.6) is 5.75 Å². The zero-order valence-electron chi connectivity index (χ0n) is 11.5. The Morgan fingerprint density at radius 1 is 1.05 bits per heavy atom. The summed E-state index contributed by atoms with van der Waals surface area (Å²) in [7, 11) is 1.59. The summed E-state index contributed by atoms with van der Waals surface area (Å²) in [5.41, 5.74) is 0.786. The highest BCUT2D eigenvalue weighted by Gasteiger charge is 2.09. The molecule has 3 aromatic rings. The van der Waals surface area contributed by atoms with Gasteiger partial charge in [-0.2, -0.15) is 0 Å².